The zero-order chi connectivity index (χ0) is 14.3. The first-order valence-electron chi connectivity index (χ1n) is 5.46. The third kappa shape index (κ3) is 8.25. The first-order chi connectivity index (χ1) is 8.84. The van der Waals surface area contributed by atoms with E-state index in [1.54, 1.807) is 0 Å². The van der Waals surface area contributed by atoms with Crippen molar-refractivity contribution >= 4 is 0 Å². The second-order valence-corrected chi connectivity index (χ2v) is 4.67. The van der Waals surface area contributed by atoms with Gasteiger partial charge in [-0.05, 0) is 12.5 Å². The van der Waals surface area contributed by atoms with Gasteiger partial charge in [-0.1, -0.05) is 30.3 Å². The maximum Gasteiger partial charge on any atom is 0.173 e. The normalized spacial score (nSPS) is 10.6. The largest absolute Gasteiger partial charge is 0.222 e. The molecule has 1 aromatic carbocycles. The molecule has 0 radical (unpaired) electrons. The van der Waals surface area contributed by atoms with E-state index < -0.39 is 10.2 Å². The molecule has 0 fully saturated rings. The van der Waals surface area contributed by atoms with Gasteiger partial charge >= 0.3 is 0 Å². The quantitative estimate of drug-likeness (QED) is 0.573. The molecular weight excluding hydrogens is 270 g/mol. The van der Waals surface area contributed by atoms with Crippen LogP contribution in [0.4, 0.5) is 0 Å². The molecular formula is C13H14ClNO4. The van der Waals surface area contributed by atoms with E-state index in [-0.39, 0.29) is 0 Å². The Labute approximate surface area is 113 Å². The summed E-state index contributed by atoms with van der Waals surface area (Å²) in [4.78, 5) is 0. The third-order valence-electron chi connectivity index (χ3n) is 2.27. The monoisotopic (exact) mass is 283 g/mol. The zero-order valence-electron chi connectivity index (χ0n) is 10.4. The number of hydrogen-bond donors (Lipinski definition) is 0. The molecule has 1 aromatic heterocycles. The first kappa shape index (κ1) is 15.6. The van der Waals surface area contributed by atoms with Crippen molar-refractivity contribution in [2.24, 2.45) is 0 Å². The lowest BCUT2D eigenvalue weighted by molar-refractivity contribution is -2.00. The minimum Gasteiger partial charge on any atom is -0.222 e. The predicted molar refractivity (Wildman–Crippen MR) is 56.9 cm³/mol. The van der Waals surface area contributed by atoms with E-state index >= 15 is 0 Å². The van der Waals surface area contributed by atoms with E-state index in [2.05, 4.69) is 60.3 Å². The van der Waals surface area contributed by atoms with Crippen molar-refractivity contribution in [1.29, 1.82) is 0 Å². The second kappa shape index (κ2) is 7.18. The average Bonchev–Trinajstić information content (AvgIpc) is 2.31. The van der Waals surface area contributed by atoms with Gasteiger partial charge < -0.3 is 0 Å². The Bertz CT molecular complexity index is 476. The highest BCUT2D eigenvalue weighted by atomic mass is 35.7. The molecule has 0 aliphatic rings. The van der Waals surface area contributed by atoms with Crippen LogP contribution < -0.4 is 23.2 Å². The van der Waals surface area contributed by atoms with E-state index in [0.717, 1.165) is 6.54 Å². The van der Waals surface area contributed by atoms with Gasteiger partial charge in [0.2, 0.25) is 0 Å². The number of pyridine rings is 1. The maximum atomic E-state index is 8.49. The van der Waals surface area contributed by atoms with Crippen LogP contribution in [0.25, 0.3) is 0 Å². The van der Waals surface area contributed by atoms with Crippen molar-refractivity contribution in [2.75, 3.05) is 0 Å². The van der Waals surface area contributed by atoms with Crippen LogP contribution in [0.3, 0.4) is 0 Å². The molecule has 0 saturated carbocycles. The standard InChI is InChI=1S/C13H14N.ClHO4/c1-12-7-9-14(10-8-12)11-13-5-3-2-4-6-13;2-1(3,4)5/h2-10H,11H2,1H3;(H,2,3,4,5)/q+1;/p-1. The molecule has 0 aliphatic carbocycles. The summed E-state index contributed by atoms with van der Waals surface area (Å²) in [6.45, 7) is 3.05. The van der Waals surface area contributed by atoms with Crippen molar-refractivity contribution in [3.8, 4) is 0 Å². The summed E-state index contributed by atoms with van der Waals surface area (Å²) in [5.41, 5.74) is 2.63. The van der Waals surface area contributed by atoms with Crippen LogP contribution in [0.2, 0.25) is 0 Å². The minimum atomic E-state index is -4.94. The molecule has 6 heteroatoms. The van der Waals surface area contributed by atoms with Crippen molar-refractivity contribution in [1.82, 2.24) is 0 Å². The van der Waals surface area contributed by atoms with E-state index in [4.69, 9.17) is 18.6 Å². The molecule has 0 spiro atoms. The molecule has 19 heavy (non-hydrogen) atoms. The molecule has 0 unspecified atom stereocenters. The van der Waals surface area contributed by atoms with Gasteiger partial charge in [-0.15, -0.1) is 10.2 Å². The Morgan fingerprint density at radius 3 is 1.84 bits per heavy atom. The average molecular weight is 284 g/mol. The Hall–Kier alpha value is -1.50. The molecule has 0 N–H and O–H groups in total. The highest BCUT2D eigenvalue weighted by Gasteiger charge is 1.99. The first-order valence-corrected chi connectivity index (χ1v) is 6.69. The molecule has 2 aromatic rings. The number of nitrogens with zero attached hydrogens (tertiary/aromatic N) is 1. The molecule has 102 valence electrons. The van der Waals surface area contributed by atoms with Crippen LogP contribution in [-0.4, -0.2) is 0 Å². The van der Waals surface area contributed by atoms with Crippen LogP contribution in [0, 0.1) is 17.2 Å². The molecule has 0 aliphatic heterocycles. The van der Waals surface area contributed by atoms with Crippen LogP contribution in [-0.2, 0) is 6.54 Å². The van der Waals surface area contributed by atoms with Crippen molar-refractivity contribution in [2.45, 2.75) is 13.5 Å². The van der Waals surface area contributed by atoms with Crippen LogP contribution >= 0.6 is 0 Å². The summed E-state index contributed by atoms with van der Waals surface area (Å²) in [5.74, 6) is 0. The summed E-state index contributed by atoms with van der Waals surface area (Å²) in [5, 5.41) is 0. The maximum absolute atomic E-state index is 8.49. The Morgan fingerprint density at radius 2 is 1.37 bits per heavy atom. The third-order valence-corrected chi connectivity index (χ3v) is 2.27. The fraction of sp³-hybridized carbons (Fsp3) is 0.154. The fourth-order valence-electron chi connectivity index (χ4n) is 1.43. The van der Waals surface area contributed by atoms with Gasteiger partial charge in [0, 0.05) is 17.7 Å². The summed E-state index contributed by atoms with van der Waals surface area (Å²) in [6.07, 6.45) is 4.23. The molecule has 2 rings (SSSR count). The van der Waals surface area contributed by atoms with Crippen molar-refractivity contribution < 1.29 is 33.4 Å². The van der Waals surface area contributed by atoms with Crippen molar-refractivity contribution in [3.05, 3.63) is 66.0 Å². The zero-order valence-corrected chi connectivity index (χ0v) is 11.1. The fourth-order valence-corrected chi connectivity index (χ4v) is 1.43. The molecule has 0 bridgehead atoms. The molecule has 0 saturated heterocycles. The lowest BCUT2D eigenvalue weighted by Crippen LogP contribution is -2.68. The van der Waals surface area contributed by atoms with E-state index in [1.165, 1.54) is 11.1 Å². The second-order valence-electron chi connectivity index (χ2n) is 3.91. The molecule has 0 atom stereocenters. The van der Waals surface area contributed by atoms with Crippen LogP contribution in [0.1, 0.15) is 11.1 Å². The van der Waals surface area contributed by atoms with Crippen LogP contribution in [0.5, 0.6) is 0 Å². The Morgan fingerprint density at radius 1 is 0.895 bits per heavy atom. The Balaban J connectivity index is 0.000000312. The number of aromatic nitrogens is 1. The molecule has 5 nitrogen and oxygen atoms in total. The van der Waals surface area contributed by atoms with Gasteiger partial charge in [-0.2, -0.15) is 0 Å². The Kier molecular flexibility index (Phi) is 5.88. The summed E-state index contributed by atoms with van der Waals surface area (Å²) in [6, 6.07) is 14.7. The van der Waals surface area contributed by atoms with Crippen LogP contribution in [0.15, 0.2) is 54.9 Å². The topological polar surface area (TPSA) is 96.1 Å². The van der Waals surface area contributed by atoms with Crippen molar-refractivity contribution in [3.63, 3.8) is 0 Å². The molecule has 1 heterocycles. The summed E-state index contributed by atoms with van der Waals surface area (Å²) < 4.78 is 36.2. The summed E-state index contributed by atoms with van der Waals surface area (Å²) >= 11 is 0. The highest BCUT2D eigenvalue weighted by Crippen LogP contribution is 1.97. The lowest BCUT2D eigenvalue weighted by Gasteiger charge is -2.17. The minimum absolute atomic E-state index is 0.946. The van der Waals surface area contributed by atoms with Gasteiger partial charge in [0.15, 0.2) is 18.9 Å². The number of halogens is 1. The van der Waals surface area contributed by atoms with Gasteiger partial charge in [0.05, 0.1) is 0 Å². The summed E-state index contributed by atoms with van der Waals surface area (Å²) in [7, 11) is -4.94. The molecule has 0 amide bonds. The van der Waals surface area contributed by atoms with Gasteiger partial charge in [0.25, 0.3) is 0 Å². The van der Waals surface area contributed by atoms with Gasteiger partial charge in [-0.25, -0.2) is 23.2 Å². The number of rotatable bonds is 2. The van der Waals surface area contributed by atoms with Gasteiger partial charge in [0.1, 0.15) is 0 Å². The lowest BCUT2D eigenvalue weighted by atomic mass is 10.2. The highest BCUT2D eigenvalue weighted by molar-refractivity contribution is 5.13. The van der Waals surface area contributed by atoms with E-state index in [0.29, 0.717) is 0 Å². The van der Waals surface area contributed by atoms with E-state index in [9.17, 15) is 0 Å². The number of benzene rings is 1. The number of hydrogen-bond acceptors (Lipinski definition) is 4. The van der Waals surface area contributed by atoms with E-state index in [1.807, 2.05) is 6.07 Å². The number of aryl methyl sites for hydroxylation is 1. The van der Waals surface area contributed by atoms with Gasteiger partial charge in [-0.3, -0.25) is 0 Å². The predicted octanol–water partition coefficient (Wildman–Crippen LogP) is -2.43. The smallest absolute Gasteiger partial charge is 0.173 e. The SMILES string of the molecule is Cc1cc[n+](Cc2ccccc2)cc1.[O-][Cl+3]([O-])([O-])[O-].